The fraction of sp³-hybridized carbons (Fsp3) is 0.118. The third-order valence-electron chi connectivity index (χ3n) is 3.66. The van der Waals surface area contributed by atoms with Crippen LogP contribution >= 0.6 is 15.9 Å². The Balaban J connectivity index is 2.32. The van der Waals surface area contributed by atoms with Crippen molar-refractivity contribution in [2.45, 2.75) is 0 Å². The van der Waals surface area contributed by atoms with Gasteiger partial charge in [0, 0.05) is 28.0 Å². The van der Waals surface area contributed by atoms with Crippen molar-refractivity contribution < 1.29 is 19.4 Å². The number of rotatable bonds is 4. The molecular formula is C17H14BrNO4. The van der Waals surface area contributed by atoms with E-state index in [-0.39, 0.29) is 5.56 Å². The zero-order valence-electron chi connectivity index (χ0n) is 12.5. The van der Waals surface area contributed by atoms with E-state index in [2.05, 4.69) is 15.9 Å². The van der Waals surface area contributed by atoms with Crippen LogP contribution in [-0.2, 0) is 0 Å². The van der Waals surface area contributed by atoms with Crippen LogP contribution < -0.4 is 9.47 Å². The summed E-state index contributed by atoms with van der Waals surface area (Å²) >= 11 is 3.49. The molecule has 6 heteroatoms. The number of pyridine rings is 1. The molecule has 1 N–H and O–H groups in total. The zero-order valence-corrected chi connectivity index (χ0v) is 14.1. The molecule has 23 heavy (non-hydrogen) atoms. The number of aromatic carboxylic acids is 1. The van der Waals surface area contributed by atoms with Gasteiger partial charge in [-0.3, -0.25) is 0 Å². The van der Waals surface area contributed by atoms with E-state index in [1.54, 1.807) is 43.0 Å². The van der Waals surface area contributed by atoms with Gasteiger partial charge in [0.05, 0.1) is 25.3 Å². The summed E-state index contributed by atoms with van der Waals surface area (Å²) in [5.74, 6) is 0.136. The van der Waals surface area contributed by atoms with Gasteiger partial charge in [0.1, 0.15) is 0 Å². The minimum absolute atomic E-state index is 0.249. The molecule has 3 aromatic rings. The van der Waals surface area contributed by atoms with Gasteiger partial charge < -0.3 is 19.0 Å². The lowest BCUT2D eigenvalue weighted by Gasteiger charge is -2.11. The van der Waals surface area contributed by atoms with Gasteiger partial charge in [-0.1, -0.05) is 22.0 Å². The number of aromatic nitrogens is 1. The minimum atomic E-state index is -0.976. The van der Waals surface area contributed by atoms with Gasteiger partial charge in [-0.25, -0.2) is 4.79 Å². The predicted molar refractivity (Wildman–Crippen MR) is 90.6 cm³/mol. The van der Waals surface area contributed by atoms with Gasteiger partial charge in [-0.2, -0.15) is 0 Å². The lowest BCUT2D eigenvalue weighted by Crippen LogP contribution is -1.98. The Labute approximate surface area is 141 Å². The second-order valence-corrected chi connectivity index (χ2v) is 5.76. The summed E-state index contributed by atoms with van der Waals surface area (Å²) in [7, 11) is 3.10. The molecule has 0 spiro atoms. The average molecular weight is 376 g/mol. The van der Waals surface area contributed by atoms with Crippen LogP contribution in [0.5, 0.6) is 11.5 Å². The molecule has 0 saturated heterocycles. The van der Waals surface area contributed by atoms with E-state index in [0.29, 0.717) is 22.6 Å². The van der Waals surface area contributed by atoms with Crippen LogP contribution in [0.3, 0.4) is 0 Å². The van der Waals surface area contributed by atoms with Crippen molar-refractivity contribution in [1.29, 1.82) is 0 Å². The van der Waals surface area contributed by atoms with E-state index in [1.165, 1.54) is 0 Å². The first kappa shape index (κ1) is 15.4. The Bertz CT molecular complexity index is 901. The van der Waals surface area contributed by atoms with Gasteiger partial charge in [0.15, 0.2) is 11.5 Å². The summed E-state index contributed by atoms with van der Waals surface area (Å²) in [6.45, 7) is 0. The molecule has 0 unspecified atom stereocenters. The highest BCUT2D eigenvalue weighted by molar-refractivity contribution is 9.10. The number of hydrogen-bond donors (Lipinski definition) is 1. The highest BCUT2D eigenvalue weighted by atomic mass is 79.9. The summed E-state index contributed by atoms with van der Waals surface area (Å²) < 4.78 is 13.1. The van der Waals surface area contributed by atoms with Crippen LogP contribution in [0.15, 0.2) is 47.2 Å². The number of carboxylic acids is 1. The third kappa shape index (κ3) is 2.55. The fourth-order valence-electron chi connectivity index (χ4n) is 2.61. The van der Waals surface area contributed by atoms with Crippen molar-refractivity contribution in [2.75, 3.05) is 14.2 Å². The first-order valence-electron chi connectivity index (χ1n) is 6.81. The molecule has 118 valence electrons. The van der Waals surface area contributed by atoms with Crippen molar-refractivity contribution in [3.63, 3.8) is 0 Å². The lowest BCUT2D eigenvalue weighted by molar-refractivity contribution is 0.0700. The Kier molecular flexibility index (Phi) is 4.00. The smallest absolute Gasteiger partial charge is 0.338 e. The van der Waals surface area contributed by atoms with E-state index in [9.17, 15) is 9.90 Å². The van der Waals surface area contributed by atoms with Gasteiger partial charge in [0.2, 0.25) is 0 Å². The summed E-state index contributed by atoms with van der Waals surface area (Å²) in [5.41, 5.74) is 2.22. The van der Waals surface area contributed by atoms with Crippen LogP contribution in [0.25, 0.3) is 16.6 Å². The van der Waals surface area contributed by atoms with E-state index in [1.807, 2.05) is 18.3 Å². The SMILES string of the molecule is COc1cc(Br)c(-c2cn3ccccc3c2C(=O)O)cc1OC. The lowest BCUT2D eigenvalue weighted by atomic mass is 10.0. The Hall–Kier alpha value is -2.47. The van der Waals surface area contributed by atoms with Crippen molar-refractivity contribution in [1.82, 2.24) is 4.40 Å². The second-order valence-electron chi connectivity index (χ2n) is 4.90. The van der Waals surface area contributed by atoms with E-state index >= 15 is 0 Å². The van der Waals surface area contributed by atoms with Crippen molar-refractivity contribution in [3.05, 3.63) is 52.8 Å². The van der Waals surface area contributed by atoms with Gasteiger partial charge in [-0.15, -0.1) is 0 Å². The molecule has 0 fully saturated rings. The molecule has 2 aromatic heterocycles. The average Bonchev–Trinajstić information content (AvgIpc) is 2.93. The van der Waals surface area contributed by atoms with Crippen molar-refractivity contribution in [2.24, 2.45) is 0 Å². The monoisotopic (exact) mass is 375 g/mol. The molecule has 0 bridgehead atoms. The first-order valence-corrected chi connectivity index (χ1v) is 7.61. The topological polar surface area (TPSA) is 60.2 Å². The number of hydrogen-bond acceptors (Lipinski definition) is 3. The molecule has 0 radical (unpaired) electrons. The third-order valence-corrected chi connectivity index (χ3v) is 4.32. The maximum Gasteiger partial charge on any atom is 0.338 e. The number of fused-ring (bicyclic) bond motifs is 1. The zero-order chi connectivity index (χ0) is 16.6. The summed E-state index contributed by atoms with van der Waals surface area (Å²) in [6, 6.07) is 8.98. The van der Waals surface area contributed by atoms with E-state index in [0.717, 1.165) is 10.0 Å². The standard InChI is InChI=1S/C17H14BrNO4/c1-22-14-7-10(12(18)8-15(14)23-2)11-9-19-6-4-3-5-13(19)16(11)17(20)21/h3-9H,1-2H3,(H,20,21). The number of carbonyl (C=O) groups is 1. The molecule has 1 aromatic carbocycles. The molecule has 0 amide bonds. The minimum Gasteiger partial charge on any atom is -0.493 e. The number of halogens is 1. The van der Waals surface area contributed by atoms with E-state index < -0.39 is 5.97 Å². The van der Waals surface area contributed by atoms with E-state index in [4.69, 9.17) is 9.47 Å². The molecule has 0 aliphatic rings. The molecule has 0 saturated carbocycles. The van der Waals surface area contributed by atoms with Crippen LogP contribution in [0.4, 0.5) is 0 Å². The molecule has 0 aliphatic carbocycles. The summed E-state index contributed by atoms with van der Waals surface area (Å²) in [5, 5.41) is 9.65. The predicted octanol–water partition coefficient (Wildman–Crippen LogP) is 4.08. The Morgan fingerprint density at radius 1 is 1.13 bits per heavy atom. The number of benzene rings is 1. The van der Waals surface area contributed by atoms with Crippen molar-refractivity contribution in [3.8, 4) is 22.6 Å². The quantitative estimate of drug-likeness (QED) is 0.745. The second kappa shape index (κ2) is 5.96. The highest BCUT2D eigenvalue weighted by Gasteiger charge is 2.21. The van der Waals surface area contributed by atoms with Gasteiger partial charge in [0.25, 0.3) is 0 Å². The largest absolute Gasteiger partial charge is 0.493 e. The number of ether oxygens (including phenoxy) is 2. The van der Waals surface area contributed by atoms with Crippen LogP contribution in [0.1, 0.15) is 10.4 Å². The van der Waals surface area contributed by atoms with Gasteiger partial charge >= 0.3 is 5.97 Å². The van der Waals surface area contributed by atoms with Crippen LogP contribution in [0, 0.1) is 0 Å². The molecule has 2 heterocycles. The molecule has 5 nitrogen and oxygen atoms in total. The number of methoxy groups -OCH3 is 2. The number of carboxylic acid groups (broad SMARTS) is 1. The Morgan fingerprint density at radius 2 is 1.83 bits per heavy atom. The maximum atomic E-state index is 11.8. The van der Waals surface area contributed by atoms with Crippen LogP contribution in [0.2, 0.25) is 0 Å². The summed E-state index contributed by atoms with van der Waals surface area (Å²) in [6.07, 6.45) is 3.62. The normalized spacial score (nSPS) is 10.7. The maximum absolute atomic E-state index is 11.8. The summed E-state index contributed by atoms with van der Waals surface area (Å²) in [4.78, 5) is 11.8. The highest BCUT2D eigenvalue weighted by Crippen LogP contribution is 2.40. The Morgan fingerprint density at radius 3 is 2.48 bits per heavy atom. The molecule has 0 atom stereocenters. The van der Waals surface area contributed by atoms with Crippen LogP contribution in [-0.4, -0.2) is 29.7 Å². The fourth-order valence-corrected chi connectivity index (χ4v) is 3.15. The molecule has 3 rings (SSSR count). The first-order chi connectivity index (χ1) is 11.1. The molecule has 0 aliphatic heterocycles. The molecular weight excluding hydrogens is 362 g/mol. The van der Waals surface area contributed by atoms with Crippen molar-refractivity contribution >= 4 is 27.4 Å². The number of nitrogens with zero attached hydrogens (tertiary/aromatic N) is 1. The van der Waals surface area contributed by atoms with Gasteiger partial charge in [-0.05, 0) is 24.3 Å².